The molecule has 0 saturated heterocycles. The van der Waals surface area contributed by atoms with Crippen LogP contribution in [0.3, 0.4) is 0 Å². The molecule has 7 nitrogen and oxygen atoms in total. The first-order valence-corrected chi connectivity index (χ1v) is 9.82. The van der Waals surface area contributed by atoms with Crippen molar-refractivity contribution in [2.75, 3.05) is 6.61 Å². The van der Waals surface area contributed by atoms with Crippen molar-refractivity contribution in [3.05, 3.63) is 71.3 Å². The van der Waals surface area contributed by atoms with Gasteiger partial charge in [0.05, 0.1) is 0 Å². The summed E-state index contributed by atoms with van der Waals surface area (Å²) in [6, 6.07) is 12.0. The molecule has 0 aliphatic rings. The molecule has 0 spiro atoms. The lowest BCUT2D eigenvalue weighted by molar-refractivity contribution is -0.166. The molecule has 3 aromatic rings. The molecule has 0 fully saturated rings. The first kappa shape index (κ1) is 22.1. The largest absolute Gasteiger partial charge is 0.457 e. The van der Waals surface area contributed by atoms with Gasteiger partial charge in [-0.1, -0.05) is 54.1 Å². The van der Waals surface area contributed by atoms with Crippen molar-refractivity contribution in [3.63, 3.8) is 0 Å². The Kier molecular flexibility index (Phi) is 6.77. The Balaban J connectivity index is 2.01. The summed E-state index contributed by atoms with van der Waals surface area (Å²) in [6.07, 6.45) is -0.515. The van der Waals surface area contributed by atoms with Crippen LogP contribution in [0.4, 0.5) is 0 Å². The van der Waals surface area contributed by atoms with Crippen molar-refractivity contribution in [2.24, 2.45) is 0 Å². The summed E-state index contributed by atoms with van der Waals surface area (Å²) >= 11 is 0. The number of hydrogen-bond acceptors (Lipinski definition) is 7. The summed E-state index contributed by atoms with van der Waals surface area (Å²) in [5, 5.41) is 9.85. The molecule has 0 radical (unpaired) electrons. The number of carbonyl (C=O) groups excluding carboxylic acids is 1. The van der Waals surface area contributed by atoms with Crippen LogP contribution in [0.15, 0.2) is 49.1 Å². The third-order valence-corrected chi connectivity index (χ3v) is 4.63. The van der Waals surface area contributed by atoms with Gasteiger partial charge in [-0.3, -0.25) is 0 Å². The number of aryl methyl sites for hydroxylation is 4. The van der Waals surface area contributed by atoms with Gasteiger partial charge >= 0.3 is 12.0 Å². The van der Waals surface area contributed by atoms with Gasteiger partial charge in [0.2, 0.25) is 6.29 Å². The fourth-order valence-corrected chi connectivity index (χ4v) is 3.15. The van der Waals surface area contributed by atoms with Gasteiger partial charge in [-0.25, -0.2) is 9.78 Å². The van der Waals surface area contributed by atoms with E-state index in [9.17, 15) is 9.90 Å². The van der Waals surface area contributed by atoms with E-state index in [1.54, 1.807) is 0 Å². The normalized spacial score (nSPS) is 11.6. The number of aliphatic hydroxyl groups is 1. The molecule has 0 aliphatic heterocycles. The van der Waals surface area contributed by atoms with Crippen molar-refractivity contribution in [3.8, 4) is 28.8 Å². The maximum absolute atomic E-state index is 11.2. The van der Waals surface area contributed by atoms with Gasteiger partial charge in [0.25, 0.3) is 0 Å². The van der Waals surface area contributed by atoms with Crippen LogP contribution in [0.2, 0.25) is 0 Å². The second-order valence-corrected chi connectivity index (χ2v) is 7.31. The molecule has 31 heavy (non-hydrogen) atoms. The van der Waals surface area contributed by atoms with Crippen molar-refractivity contribution in [1.29, 1.82) is 0 Å². The molecular formula is C24H25N3O4. The number of aromatic nitrogens is 3. The fraction of sp³-hybridized carbons (Fsp3) is 0.250. The molecule has 1 atom stereocenters. The monoisotopic (exact) mass is 419 g/mol. The summed E-state index contributed by atoms with van der Waals surface area (Å²) in [5.74, 6) is 0.156. The highest BCUT2D eigenvalue weighted by molar-refractivity contribution is 5.81. The van der Waals surface area contributed by atoms with E-state index < -0.39 is 12.3 Å². The lowest BCUT2D eigenvalue weighted by Gasteiger charge is -2.14. The van der Waals surface area contributed by atoms with Crippen LogP contribution in [0, 0.1) is 27.7 Å². The molecule has 1 aromatic heterocycles. The van der Waals surface area contributed by atoms with Crippen molar-refractivity contribution >= 4 is 5.97 Å². The van der Waals surface area contributed by atoms with E-state index in [4.69, 9.17) is 9.47 Å². The molecular weight excluding hydrogens is 394 g/mol. The van der Waals surface area contributed by atoms with E-state index in [1.165, 1.54) is 0 Å². The number of rotatable bonds is 7. The van der Waals surface area contributed by atoms with Crippen molar-refractivity contribution in [2.45, 2.75) is 34.0 Å². The maximum atomic E-state index is 11.2. The van der Waals surface area contributed by atoms with E-state index in [1.807, 2.05) is 52.0 Å². The zero-order valence-corrected chi connectivity index (χ0v) is 18.0. The lowest BCUT2D eigenvalue weighted by atomic mass is 10.0. The third kappa shape index (κ3) is 5.52. The average Bonchev–Trinajstić information content (AvgIpc) is 2.72. The summed E-state index contributed by atoms with van der Waals surface area (Å²) in [5.41, 5.74) is 6.00. The minimum absolute atomic E-state index is 0.0219. The Labute approximate surface area is 181 Å². The van der Waals surface area contributed by atoms with Gasteiger partial charge in [-0.2, -0.15) is 9.97 Å². The molecule has 1 N–H and O–H groups in total. The van der Waals surface area contributed by atoms with Gasteiger partial charge in [0.1, 0.15) is 0 Å². The van der Waals surface area contributed by atoms with E-state index in [0.717, 1.165) is 39.5 Å². The fourth-order valence-electron chi connectivity index (χ4n) is 3.15. The van der Waals surface area contributed by atoms with Crippen molar-refractivity contribution in [1.82, 2.24) is 15.0 Å². The number of benzene rings is 2. The first-order chi connectivity index (χ1) is 14.8. The van der Waals surface area contributed by atoms with Crippen LogP contribution in [-0.4, -0.2) is 38.9 Å². The number of ether oxygens (including phenoxy) is 2. The summed E-state index contributed by atoms with van der Waals surface area (Å²) < 4.78 is 10.3. The highest BCUT2D eigenvalue weighted by Crippen LogP contribution is 2.27. The molecule has 0 bridgehead atoms. The second-order valence-electron chi connectivity index (χ2n) is 7.31. The minimum atomic E-state index is -1.48. The molecule has 160 valence electrons. The van der Waals surface area contributed by atoms with Gasteiger partial charge < -0.3 is 14.6 Å². The third-order valence-electron chi connectivity index (χ3n) is 4.63. The van der Waals surface area contributed by atoms with Crippen LogP contribution in [-0.2, 0) is 9.53 Å². The molecule has 0 amide bonds. The first-order valence-electron chi connectivity index (χ1n) is 9.82. The zero-order chi connectivity index (χ0) is 22.5. The Hall–Kier alpha value is -3.58. The smallest absolute Gasteiger partial charge is 0.332 e. The number of hydrogen-bond donors (Lipinski definition) is 1. The quantitative estimate of drug-likeness (QED) is 0.353. The topological polar surface area (TPSA) is 94.4 Å². The number of aliphatic hydroxyl groups excluding tert-OH is 1. The maximum Gasteiger partial charge on any atom is 0.332 e. The SMILES string of the molecule is C=CC(=O)OC(O)COc1nc(-c2ccc(C)cc2C)nc(-c2ccc(C)cc2C)n1. The standard InChI is InChI=1S/C24H25N3O4/c1-6-20(28)31-21(29)13-30-24-26-22(18-9-7-14(2)11-16(18)4)25-23(27-24)19-10-8-15(3)12-17(19)5/h6-12,21,29H,1,13H2,2-5H3. The Morgan fingerprint density at radius 1 is 0.968 bits per heavy atom. The van der Waals surface area contributed by atoms with Crippen LogP contribution in [0.5, 0.6) is 6.01 Å². The average molecular weight is 419 g/mol. The summed E-state index contributed by atoms with van der Waals surface area (Å²) in [4.78, 5) is 24.8. The second kappa shape index (κ2) is 9.49. The predicted octanol–water partition coefficient (Wildman–Crippen LogP) is 3.87. The number of nitrogens with zero attached hydrogens (tertiary/aromatic N) is 3. The van der Waals surface area contributed by atoms with E-state index in [0.29, 0.717) is 11.6 Å². The van der Waals surface area contributed by atoms with E-state index in [2.05, 4.69) is 33.7 Å². The van der Waals surface area contributed by atoms with Gasteiger partial charge in [-0.05, 0) is 38.8 Å². The highest BCUT2D eigenvalue weighted by Gasteiger charge is 2.16. The Bertz CT molecular complexity index is 1060. The van der Waals surface area contributed by atoms with Crippen molar-refractivity contribution < 1.29 is 19.4 Å². The minimum Gasteiger partial charge on any atom is -0.457 e. The Morgan fingerprint density at radius 2 is 1.48 bits per heavy atom. The van der Waals surface area contributed by atoms with Gasteiger partial charge in [-0.15, -0.1) is 0 Å². The van der Waals surface area contributed by atoms with Crippen LogP contribution < -0.4 is 4.74 Å². The van der Waals surface area contributed by atoms with E-state index >= 15 is 0 Å². The Morgan fingerprint density at radius 3 is 1.94 bits per heavy atom. The lowest BCUT2D eigenvalue weighted by Crippen LogP contribution is -2.24. The molecule has 2 aromatic carbocycles. The van der Waals surface area contributed by atoms with Crippen LogP contribution in [0.25, 0.3) is 22.8 Å². The van der Waals surface area contributed by atoms with Gasteiger partial charge in [0.15, 0.2) is 18.3 Å². The molecule has 0 aliphatic carbocycles. The predicted molar refractivity (Wildman–Crippen MR) is 117 cm³/mol. The molecule has 7 heteroatoms. The highest BCUT2D eigenvalue weighted by atomic mass is 16.7. The zero-order valence-electron chi connectivity index (χ0n) is 18.0. The number of carbonyl (C=O) groups is 1. The molecule has 1 unspecified atom stereocenters. The van der Waals surface area contributed by atoms with E-state index in [-0.39, 0.29) is 12.6 Å². The molecule has 1 heterocycles. The summed E-state index contributed by atoms with van der Waals surface area (Å²) in [7, 11) is 0. The molecule has 3 rings (SSSR count). The summed E-state index contributed by atoms with van der Waals surface area (Å²) in [6.45, 7) is 11.0. The molecule has 0 saturated carbocycles. The number of esters is 1. The van der Waals surface area contributed by atoms with Crippen LogP contribution in [0.1, 0.15) is 22.3 Å². The van der Waals surface area contributed by atoms with Crippen LogP contribution >= 0.6 is 0 Å². The van der Waals surface area contributed by atoms with Gasteiger partial charge in [0, 0.05) is 17.2 Å².